The van der Waals surface area contributed by atoms with E-state index in [4.69, 9.17) is 28.5 Å². The van der Waals surface area contributed by atoms with Crippen LogP contribution in [0.5, 0.6) is 0 Å². The number of carbonyl (C=O) groups is 1. The Kier molecular flexibility index (Phi) is 6.55. The average molecular weight is 460 g/mol. The molecule has 33 heavy (non-hydrogen) atoms. The van der Waals surface area contributed by atoms with Gasteiger partial charge in [0.2, 0.25) is 0 Å². The standard InChI is InChI=1S/C24H37BN2O6/c1-22(2,3)31-21(28)27-9-8-16(14-27)18-12-17(25-32-23(4,5)24(6,7)33-25)13-19(26-18)20-15-29-10-11-30-20/h12-13,16,20H,8-11,14-15H2,1-7H3. The Bertz CT molecular complexity index is 862. The number of nitrogens with zero attached hydrogens (tertiary/aromatic N) is 2. The molecular weight excluding hydrogens is 423 g/mol. The van der Waals surface area contributed by atoms with E-state index in [0.717, 1.165) is 23.3 Å². The number of ether oxygens (including phenoxy) is 3. The van der Waals surface area contributed by atoms with Crippen molar-refractivity contribution in [3.8, 4) is 0 Å². The van der Waals surface area contributed by atoms with Crippen LogP contribution < -0.4 is 5.46 Å². The summed E-state index contributed by atoms with van der Waals surface area (Å²) in [5.41, 5.74) is 1.25. The van der Waals surface area contributed by atoms with Crippen LogP contribution in [0.25, 0.3) is 0 Å². The normalized spacial score (nSPS) is 27.1. The van der Waals surface area contributed by atoms with E-state index < -0.39 is 23.9 Å². The zero-order valence-corrected chi connectivity index (χ0v) is 21.0. The summed E-state index contributed by atoms with van der Waals surface area (Å²) in [6.45, 7) is 16.6. The van der Waals surface area contributed by atoms with Crippen LogP contribution in [0.3, 0.4) is 0 Å². The lowest BCUT2D eigenvalue weighted by Crippen LogP contribution is -2.41. The summed E-state index contributed by atoms with van der Waals surface area (Å²) in [7, 11) is -0.497. The van der Waals surface area contributed by atoms with E-state index in [0.29, 0.717) is 32.9 Å². The van der Waals surface area contributed by atoms with Crippen LogP contribution in [0.4, 0.5) is 4.79 Å². The Morgan fingerprint density at radius 3 is 2.39 bits per heavy atom. The van der Waals surface area contributed by atoms with Gasteiger partial charge in [-0.2, -0.15) is 0 Å². The van der Waals surface area contributed by atoms with Crippen molar-refractivity contribution in [1.82, 2.24) is 9.88 Å². The predicted molar refractivity (Wildman–Crippen MR) is 125 cm³/mol. The minimum Gasteiger partial charge on any atom is -0.444 e. The van der Waals surface area contributed by atoms with Gasteiger partial charge < -0.3 is 28.4 Å². The third-order valence-electron chi connectivity index (χ3n) is 6.82. The van der Waals surface area contributed by atoms with Crippen LogP contribution >= 0.6 is 0 Å². The van der Waals surface area contributed by atoms with E-state index in [1.807, 2.05) is 54.5 Å². The highest BCUT2D eigenvalue weighted by molar-refractivity contribution is 6.62. The van der Waals surface area contributed by atoms with E-state index in [-0.39, 0.29) is 18.1 Å². The summed E-state index contributed by atoms with van der Waals surface area (Å²) in [4.78, 5) is 19.3. The molecule has 0 saturated carbocycles. The van der Waals surface area contributed by atoms with Gasteiger partial charge in [-0.1, -0.05) is 0 Å². The number of likely N-dealkylation sites (tertiary alicyclic amines) is 1. The van der Waals surface area contributed by atoms with Crippen LogP contribution in [0.15, 0.2) is 12.1 Å². The van der Waals surface area contributed by atoms with Gasteiger partial charge in [0.05, 0.1) is 36.7 Å². The van der Waals surface area contributed by atoms with Gasteiger partial charge in [0.25, 0.3) is 0 Å². The molecule has 3 aliphatic rings. The quantitative estimate of drug-likeness (QED) is 0.641. The molecule has 3 aliphatic heterocycles. The molecule has 0 aromatic carbocycles. The SMILES string of the molecule is CC(C)(C)OC(=O)N1CCC(c2cc(B3OC(C)(C)C(C)(C)O3)cc(C3COCCO3)n2)C1. The van der Waals surface area contributed by atoms with Crippen LogP contribution in [0.1, 0.15) is 78.3 Å². The van der Waals surface area contributed by atoms with E-state index in [1.165, 1.54) is 0 Å². The molecule has 1 aromatic rings. The molecule has 0 spiro atoms. The number of hydrogen-bond acceptors (Lipinski definition) is 7. The molecule has 9 heteroatoms. The van der Waals surface area contributed by atoms with Gasteiger partial charge in [0.15, 0.2) is 0 Å². The third-order valence-corrected chi connectivity index (χ3v) is 6.82. The first kappa shape index (κ1) is 24.4. The second kappa shape index (κ2) is 8.84. The summed E-state index contributed by atoms with van der Waals surface area (Å²) >= 11 is 0. The maximum Gasteiger partial charge on any atom is 0.494 e. The molecule has 1 amide bonds. The molecule has 0 radical (unpaired) electrons. The van der Waals surface area contributed by atoms with Gasteiger partial charge in [0.1, 0.15) is 11.7 Å². The van der Waals surface area contributed by atoms with Crippen molar-refractivity contribution >= 4 is 18.7 Å². The number of hydrogen-bond donors (Lipinski definition) is 0. The topological polar surface area (TPSA) is 79.4 Å². The molecule has 3 fully saturated rings. The lowest BCUT2D eigenvalue weighted by Gasteiger charge is -2.32. The monoisotopic (exact) mass is 460 g/mol. The molecule has 8 nitrogen and oxygen atoms in total. The summed E-state index contributed by atoms with van der Waals surface area (Å²) in [5.74, 6) is 0.100. The molecule has 0 aliphatic carbocycles. The smallest absolute Gasteiger partial charge is 0.444 e. The predicted octanol–water partition coefficient (Wildman–Crippen LogP) is 3.19. The number of aromatic nitrogens is 1. The van der Waals surface area contributed by atoms with Gasteiger partial charge in [0, 0.05) is 24.7 Å². The molecule has 3 saturated heterocycles. The zero-order chi connectivity index (χ0) is 24.0. The third kappa shape index (κ3) is 5.37. The number of rotatable bonds is 3. The van der Waals surface area contributed by atoms with Crippen molar-refractivity contribution in [2.45, 2.75) is 83.7 Å². The van der Waals surface area contributed by atoms with E-state index >= 15 is 0 Å². The number of carbonyl (C=O) groups excluding carboxylic acids is 1. The highest BCUT2D eigenvalue weighted by atomic mass is 16.7. The molecular formula is C24H37BN2O6. The minimum absolute atomic E-state index is 0.100. The van der Waals surface area contributed by atoms with Gasteiger partial charge in [-0.25, -0.2) is 4.79 Å². The fourth-order valence-electron chi connectivity index (χ4n) is 4.24. The van der Waals surface area contributed by atoms with Gasteiger partial charge >= 0.3 is 13.2 Å². The summed E-state index contributed by atoms with van der Waals surface area (Å²) in [5, 5.41) is 0. The molecule has 0 bridgehead atoms. The largest absolute Gasteiger partial charge is 0.494 e. The van der Waals surface area contributed by atoms with Crippen molar-refractivity contribution in [1.29, 1.82) is 0 Å². The fraction of sp³-hybridized carbons (Fsp3) is 0.750. The molecule has 2 atom stereocenters. The van der Waals surface area contributed by atoms with Crippen LogP contribution in [0.2, 0.25) is 0 Å². The Hall–Kier alpha value is -1.68. The second-order valence-corrected chi connectivity index (χ2v) is 11.2. The Labute approximate surface area is 197 Å². The van der Waals surface area contributed by atoms with Crippen LogP contribution in [-0.2, 0) is 23.5 Å². The first-order chi connectivity index (χ1) is 15.3. The maximum absolute atomic E-state index is 12.6. The Balaban J connectivity index is 1.60. The maximum atomic E-state index is 12.6. The highest BCUT2D eigenvalue weighted by Crippen LogP contribution is 2.37. The Morgan fingerprint density at radius 1 is 1.12 bits per heavy atom. The molecule has 0 N–H and O–H groups in total. The van der Waals surface area contributed by atoms with Crippen molar-refractivity contribution in [3.63, 3.8) is 0 Å². The Morgan fingerprint density at radius 2 is 1.79 bits per heavy atom. The van der Waals surface area contributed by atoms with Crippen molar-refractivity contribution in [2.75, 3.05) is 32.9 Å². The lowest BCUT2D eigenvalue weighted by atomic mass is 9.77. The summed E-state index contributed by atoms with van der Waals surface area (Å²) < 4.78 is 29.8. The van der Waals surface area contributed by atoms with E-state index in [2.05, 4.69) is 6.07 Å². The molecule has 4 rings (SSSR count). The van der Waals surface area contributed by atoms with E-state index in [9.17, 15) is 4.79 Å². The first-order valence-electron chi connectivity index (χ1n) is 11.9. The fourth-order valence-corrected chi connectivity index (χ4v) is 4.24. The van der Waals surface area contributed by atoms with Crippen LogP contribution in [-0.4, -0.2) is 72.8 Å². The van der Waals surface area contributed by atoms with Gasteiger partial charge in [-0.3, -0.25) is 4.98 Å². The molecule has 2 unspecified atom stereocenters. The lowest BCUT2D eigenvalue weighted by molar-refractivity contribution is -0.0918. The molecule has 4 heterocycles. The van der Waals surface area contributed by atoms with Crippen molar-refractivity contribution < 1.29 is 28.3 Å². The molecule has 1 aromatic heterocycles. The first-order valence-corrected chi connectivity index (χ1v) is 11.9. The highest BCUT2D eigenvalue weighted by Gasteiger charge is 2.52. The number of amides is 1. The molecule has 182 valence electrons. The van der Waals surface area contributed by atoms with Gasteiger partial charge in [-0.05, 0) is 72.5 Å². The summed E-state index contributed by atoms with van der Waals surface area (Å²) in [6.07, 6.45) is 0.306. The average Bonchev–Trinajstić information content (AvgIpc) is 3.30. The number of pyridine rings is 1. The van der Waals surface area contributed by atoms with Crippen molar-refractivity contribution in [2.24, 2.45) is 0 Å². The van der Waals surface area contributed by atoms with Crippen LogP contribution in [0, 0.1) is 0 Å². The van der Waals surface area contributed by atoms with Gasteiger partial charge in [-0.15, -0.1) is 0 Å². The van der Waals surface area contributed by atoms with Crippen molar-refractivity contribution in [3.05, 3.63) is 23.5 Å². The minimum atomic E-state index is -0.518. The summed E-state index contributed by atoms with van der Waals surface area (Å²) in [6, 6.07) is 4.06. The second-order valence-electron chi connectivity index (χ2n) is 11.2. The zero-order valence-electron chi connectivity index (χ0n) is 21.0. The van der Waals surface area contributed by atoms with E-state index in [1.54, 1.807) is 4.90 Å².